The number of halogens is 2. The summed E-state index contributed by atoms with van der Waals surface area (Å²) >= 11 is 8.32. The highest BCUT2D eigenvalue weighted by atomic mass is 127. The molecule has 0 aromatic heterocycles. The Labute approximate surface area is 225 Å². The van der Waals surface area contributed by atoms with Crippen molar-refractivity contribution in [1.82, 2.24) is 0 Å². The minimum absolute atomic E-state index is 0.0271. The summed E-state index contributed by atoms with van der Waals surface area (Å²) in [6.45, 7) is 4.70. The van der Waals surface area contributed by atoms with Gasteiger partial charge in [0, 0.05) is 12.1 Å². The molecule has 4 rings (SSSR count). The fraction of sp³-hybridized carbons (Fsp3) is 0.154. The van der Waals surface area contributed by atoms with Crippen LogP contribution in [0, 0.1) is 20.6 Å². The summed E-state index contributed by atoms with van der Waals surface area (Å²) in [5.41, 5.74) is 2.82. The lowest BCUT2D eigenvalue weighted by atomic mass is 10.1. The first-order valence-electron chi connectivity index (χ1n) is 10.9. The molecular formula is C26H20ClIN2O6. The lowest BCUT2D eigenvalue weighted by molar-refractivity contribution is -0.384. The number of nitro groups is 1. The Morgan fingerprint density at radius 2 is 1.97 bits per heavy atom. The highest BCUT2D eigenvalue weighted by Crippen LogP contribution is 2.36. The van der Waals surface area contributed by atoms with Crippen molar-refractivity contribution in [3.05, 3.63) is 101 Å². The molecule has 1 aliphatic heterocycles. The number of aliphatic imine (C=N–C) groups is 1. The van der Waals surface area contributed by atoms with E-state index in [0.717, 1.165) is 14.7 Å². The van der Waals surface area contributed by atoms with Gasteiger partial charge >= 0.3 is 5.97 Å². The number of rotatable bonds is 8. The van der Waals surface area contributed by atoms with Crippen LogP contribution in [0.1, 0.15) is 29.2 Å². The highest BCUT2D eigenvalue weighted by molar-refractivity contribution is 14.1. The zero-order valence-electron chi connectivity index (χ0n) is 19.3. The Hall–Kier alpha value is -3.44. The Bertz CT molecular complexity index is 1420. The molecule has 0 aliphatic carbocycles. The third kappa shape index (κ3) is 5.85. The normalized spacial score (nSPS) is 13.9. The van der Waals surface area contributed by atoms with Crippen molar-refractivity contribution in [2.24, 2.45) is 4.99 Å². The minimum Gasteiger partial charge on any atom is -0.490 e. The molecule has 0 N–H and O–H groups in total. The summed E-state index contributed by atoms with van der Waals surface area (Å²) in [7, 11) is 0. The zero-order chi connectivity index (χ0) is 25.8. The minimum atomic E-state index is -0.694. The predicted molar refractivity (Wildman–Crippen MR) is 145 cm³/mol. The average molecular weight is 619 g/mol. The number of hydrogen-bond acceptors (Lipinski definition) is 7. The van der Waals surface area contributed by atoms with Crippen LogP contribution in [0.15, 0.2) is 65.3 Å². The number of ether oxygens (including phenoxy) is 3. The number of nitrogens with zero attached hydrogens (tertiary/aromatic N) is 2. The predicted octanol–water partition coefficient (Wildman–Crippen LogP) is 6.48. The molecule has 0 saturated heterocycles. The Kier molecular flexibility index (Phi) is 7.90. The Balaban J connectivity index is 1.64. The first-order chi connectivity index (χ1) is 17.2. The smallest absolute Gasteiger partial charge is 0.363 e. The van der Waals surface area contributed by atoms with Crippen molar-refractivity contribution in [2.45, 2.75) is 20.5 Å². The average Bonchev–Trinajstić information content (AvgIpc) is 3.18. The summed E-state index contributed by atoms with van der Waals surface area (Å²) in [5, 5.41) is 11.3. The number of carbonyl (C=O) groups is 1. The number of aryl methyl sites for hydroxylation is 1. The van der Waals surface area contributed by atoms with E-state index in [4.69, 9.17) is 25.8 Å². The molecule has 184 valence electrons. The molecule has 36 heavy (non-hydrogen) atoms. The van der Waals surface area contributed by atoms with Crippen LogP contribution in [0.4, 0.5) is 5.69 Å². The van der Waals surface area contributed by atoms with Crippen LogP contribution >= 0.6 is 34.2 Å². The van der Waals surface area contributed by atoms with Crippen molar-refractivity contribution < 1.29 is 23.9 Å². The van der Waals surface area contributed by atoms with Crippen LogP contribution in [0.5, 0.6) is 11.5 Å². The third-order valence-electron chi connectivity index (χ3n) is 5.11. The van der Waals surface area contributed by atoms with Gasteiger partial charge in [-0.3, -0.25) is 10.1 Å². The number of nitro benzene ring substituents is 1. The molecule has 0 spiro atoms. The first kappa shape index (κ1) is 25.6. The summed E-state index contributed by atoms with van der Waals surface area (Å²) in [5.74, 6) is 0.335. The lowest BCUT2D eigenvalue weighted by Crippen LogP contribution is -2.06. The molecule has 0 saturated carbocycles. The molecule has 0 atom stereocenters. The molecular weight excluding hydrogens is 599 g/mol. The van der Waals surface area contributed by atoms with Crippen LogP contribution in [-0.4, -0.2) is 23.4 Å². The maximum absolute atomic E-state index is 12.5. The number of carbonyl (C=O) groups excluding carboxylic acids is 1. The second-order valence-electron chi connectivity index (χ2n) is 7.80. The number of benzene rings is 3. The van der Waals surface area contributed by atoms with E-state index in [0.29, 0.717) is 30.3 Å². The molecule has 0 radical (unpaired) electrons. The third-order valence-corrected chi connectivity index (χ3v) is 6.24. The van der Waals surface area contributed by atoms with Gasteiger partial charge in [-0.2, -0.15) is 0 Å². The molecule has 0 bridgehead atoms. The van der Waals surface area contributed by atoms with E-state index in [9.17, 15) is 14.9 Å². The second kappa shape index (κ2) is 11.1. The maximum Gasteiger partial charge on any atom is 0.363 e. The Morgan fingerprint density at radius 3 is 2.69 bits per heavy atom. The summed E-state index contributed by atoms with van der Waals surface area (Å²) in [6.07, 6.45) is 1.55. The fourth-order valence-corrected chi connectivity index (χ4v) is 4.48. The quantitative estimate of drug-likeness (QED) is 0.0942. The summed E-state index contributed by atoms with van der Waals surface area (Å²) in [4.78, 5) is 27.3. The van der Waals surface area contributed by atoms with Crippen molar-refractivity contribution in [2.75, 3.05) is 6.61 Å². The zero-order valence-corrected chi connectivity index (χ0v) is 22.2. The van der Waals surface area contributed by atoms with Crippen molar-refractivity contribution in [3.8, 4) is 11.5 Å². The number of non-ortho nitro benzene ring substituents is 1. The second-order valence-corrected chi connectivity index (χ2v) is 9.37. The van der Waals surface area contributed by atoms with Crippen molar-refractivity contribution in [1.29, 1.82) is 0 Å². The van der Waals surface area contributed by atoms with E-state index in [2.05, 4.69) is 33.6 Å². The largest absolute Gasteiger partial charge is 0.490 e. The van der Waals surface area contributed by atoms with Gasteiger partial charge < -0.3 is 14.2 Å². The van der Waals surface area contributed by atoms with Gasteiger partial charge in [0.2, 0.25) is 5.90 Å². The number of hydrogen-bond donors (Lipinski definition) is 0. The van der Waals surface area contributed by atoms with E-state index < -0.39 is 10.9 Å². The van der Waals surface area contributed by atoms with Gasteiger partial charge in [0.1, 0.15) is 6.61 Å². The topological polar surface area (TPSA) is 100 Å². The van der Waals surface area contributed by atoms with Gasteiger partial charge in [-0.05, 0) is 71.8 Å². The lowest BCUT2D eigenvalue weighted by Gasteiger charge is -2.15. The van der Waals surface area contributed by atoms with E-state index >= 15 is 0 Å². The molecule has 1 heterocycles. The van der Waals surface area contributed by atoms with Gasteiger partial charge in [-0.25, -0.2) is 9.79 Å². The molecule has 10 heteroatoms. The van der Waals surface area contributed by atoms with Gasteiger partial charge in [0.15, 0.2) is 17.2 Å². The number of esters is 1. The SMILES string of the molecule is CCOc1cc(/C=C2\N=C(c3cc([N+](=O)[O-])ccc3Cl)OC2=O)cc(I)c1OCc1cccc(C)c1. The van der Waals surface area contributed by atoms with Crippen molar-refractivity contribution >= 4 is 57.8 Å². The van der Waals surface area contributed by atoms with Gasteiger partial charge in [-0.15, -0.1) is 0 Å². The van der Waals surface area contributed by atoms with E-state index in [-0.39, 0.29) is 27.9 Å². The first-order valence-corrected chi connectivity index (χ1v) is 12.3. The van der Waals surface area contributed by atoms with Crippen LogP contribution in [0.2, 0.25) is 5.02 Å². The number of cyclic esters (lactones) is 1. The molecule has 8 nitrogen and oxygen atoms in total. The molecule has 3 aromatic rings. The highest BCUT2D eigenvalue weighted by Gasteiger charge is 2.27. The molecule has 3 aromatic carbocycles. The van der Waals surface area contributed by atoms with Crippen LogP contribution < -0.4 is 9.47 Å². The van der Waals surface area contributed by atoms with E-state index in [1.54, 1.807) is 12.1 Å². The molecule has 0 fully saturated rings. The maximum atomic E-state index is 12.5. The van der Waals surface area contributed by atoms with Crippen LogP contribution in [0.25, 0.3) is 6.08 Å². The standard InChI is InChI=1S/C26H20ClIN2O6/c1-3-34-23-12-17(10-21(28)24(23)35-14-16-6-4-5-15(2)9-16)11-22-26(31)36-25(29-22)19-13-18(30(32)33)7-8-20(19)27/h4-13H,3,14H2,1-2H3/b22-11-. The van der Waals surface area contributed by atoms with E-state index in [1.807, 2.05) is 38.1 Å². The summed E-state index contributed by atoms with van der Waals surface area (Å²) < 4.78 is 17.9. The molecule has 1 aliphatic rings. The van der Waals surface area contributed by atoms with Gasteiger partial charge in [-0.1, -0.05) is 41.4 Å². The van der Waals surface area contributed by atoms with E-state index in [1.165, 1.54) is 18.2 Å². The molecule has 0 unspecified atom stereocenters. The monoisotopic (exact) mass is 618 g/mol. The van der Waals surface area contributed by atoms with Crippen LogP contribution in [-0.2, 0) is 16.1 Å². The summed E-state index contributed by atoms with van der Waals surface area (Å²) in [6, 6.07) is 15.5. The van der Waals surface area contributed by atoms with Crippen LogP contribution in [0.3, 0.4) is 0 Å². The Morgan fingerprint density at radius 1 is 1.17 bits per heavy atom. The van der Waals surface area contributed by atoms with Gasteiger partial charge in [0.25, 0.3) is 5.69 Å². The molecule has 0 amide bonds. The fourth-order valence-electron chi connectivity index (χ4n) is 3.50. The van der Waals surface area contributed by atoms with Gasteiger partial charge in [0.05, 0.1) is 25.7 Å². The van der Waals surface area contributed by atoms with Crippen molar-refractivity contribution in [3.63, 3.8) is 0 Å².